The molecule has 136 valence electrons. The first kappa shape index (κ1) is 18.1. The Balaban J connectivity index is 1.48. The fourth-order valence-corrected chi connectivity index (χ4v) is 3.24. The summed E-state index contributed by atoms with van der Waals surface area (Å²) in [6.07, 6.45) is 1.40. The van der Waals surface area contributed by atoms with Crippen LogP contribution >= 0.6 is 0 Å². The summed E-state index contributed by atoms with van der Waals surface area (Å²) >= 11 is 0. The molecule has 1 aliphatic heterocycles. The largest absolute Gasteiger partial charge is 0.352 e. The number of hydrogen-bond acceptors (Lipinski definition) is 3. The zero-order valence-corrected chi connectivity index (χ0v) is 14.9. The van der Waals surface area contributed by atoms with Crippen molar-refractivity contribution in [2.75, 3.05) is 13.1 Å². The van der Waals surface area contributed by atoms with Crippen molar-refractivity contribution in [2.24, 2.45) is 11.7 Å². The monoisotopic (exact) mass is 351 g/mol. The second kappa shape index (κ2) is 8.63. The van der Waals surface area contributed by atoms with Gasteiger partial charge >= 0.3 is 0 Å². The van der Waals surface area contributed by atoms with Crippen molar-refractivity contribution < 1.29 is 9.59 Å². The lowest BCUT2D eigenvalue weighted by molar-refractivity contribution is -0.126. The van der Waals surface area contributed by atoms with E-state index in [0.29, 0.717) is 44.6 Å². The number of carbonyl (C=O) groups excluding carboxylic acids is 2. The van der Waals surface area contributed by atoms with Crippen LogP contribution in [0.25, 0.3) is 0 Å². The Kier molecular flexibility index (Phi) is 6.02. The SMILES string of the molecule is NCc1ccc(C(=O)N2CCC(C(=O)NCc3ccccc3)CC2)cc1. The number of carbonyl (C=O) groups is 2. The van der Waals surface area contributed by atoms with Crippen LogP contribution in [-0.2, 0) is 17.9 Å². The van der Waals surface area contributed by atoms with Gasteiger partial charge in [-0.25, -0.2) is 0 Å². The fourth-order valence-electron chi connectivity index (χ4n) is 3.24. The predicted molar refractivity (Wildman–Crippen MR) is 101 cm³/mol. The number of likely N-dealkylation sites (tertiary alicyclic amines) is 1. The average Bonchev–Trinajstić information content (AvgIpc) is 2.72. The Hall–Kier alpha value is -2.66. The quantitative estimate of drug-likeness (QED) is 0.868. The van der Waals surface area contributed by atoms with E-state index in [1.54, 1.807) is 0 Å². The molecule has 0 aromatic heterocycles. The Bertz CT molecular complexity index is 736. The van der Waals surface area contributed by atoms with Gasteiger partial charge in [-0.05, 0) is 36.1 Å². The molecule has 2 amide bonds. The van der Waals surface area contributed by atoms with Crippen molar-refractivity contribution in [1.29, 1.82) is 0 Å². The third-order valence-corrected chi connectivity index (χ3v) is 4.90. The first-order valence-corrected chi connectivity index (χ1v) is 9.07. The van der Waals surface area contributed by atoms with E-state index < -0.39 is 0 Å². The number of nitrogens with one attached hydrogen (secondary N) is 1. The van der Waals surface area contributed by atoms with Crippen LogP contribution in [-0.4, -0.2) is 29.8 Å². The molecule has 0 radical (unpaired) electrons. The summed E-state index contributed by atoms with van der Waals surface area (Å²) in [5.41, 5.74) is 8.37. The van der Waals surface area contributed by atoms with Gasteiger partial charge in [-0.3, -0.25) is 9.59 Å². The third-order valence-electron chi connectivity index (χ3n) is 4.90. The molecule has 5 nitrogen and oxygen atoms in total. The Morgan fingerprint density at radius 3 is 2.23 bits per heavy atom. The van der Waals surface area contributed by atoms with Crippen LogP contribution in [0.4, 0.5) is 0 Å². The van der Waals surface area contributed by atoms with Crippen LogP contribution in [0.2, 0.25) is 0 Å². The minimum atomic E-state index is -0.0256. The number of benzene rings is 2. The van der Waals surface area contributed by atoms with Crippen LogP contribution in [0.15, 0.2) is 54.6 Å². The number of amides is 2. The maximum absolute atomic E-state index is 12.6. The van der Waals surface area contributed by atoms with E-state index in [4.69, 9.17) is 5.73 Å². The summed E-state index contributed by atoms with van der Waals surface area (Å²) in [5, 5.41) is 3.00. The highest BCUT2D eigenvalue weighted by molar-refractivity contribution is 5.94. The molecule has 0 spiro atoms. The van der Waals surface area contributed by atoms with Gasteiger partial charge in [0, 0.05) is 37.7 Å². The molecule has 1 heterocycles. The molecule has 2 aromatic rings. The topological polar surface area (TPSA) is 75.4 Å². The molecule has 2 aromatic carbocycles. The molecule has 5 heteroatoms. The van der Waals surface area contributed by atoms with Gasteiger partial charge in [-0.15, -0.1) is 0 Å². The average molecular weight is 351 g/mol. The Labute approximate surface area is 154 Å². The summed E-state index contributed by atoms with van der Waals surface area (Å²) in [7, 11) is 0. The zero-order chi connectivity index (χ0) is 18.4. The summed E-state index contributed by atoms with van der Waals surface area (Å²) in [6, 6.07) is 17.3. The normalized spacial score (nSPS) is 14.9. The van der Waals surface area contributed by atoms with E-state index in [2.05, 4.69) is 5.32 Å². The second-order valence-corrected chi connectivity index (χ2v) is 6.67. The molecule has 1 aliphatic rings. The minimum Gasteiger partial charge on any atom is -0.352 e. The highest BCUT2D eigenvalue weighted by Crippen LogP contribution is 2.19. The minimum absolute atomic E-state index is 0.0247. The standard InChI is InChI=1S/C21H25N3O2/c22-14-16-6-8-19(9-7-16)21(26)24-12-10-18(11-13-24)20(25)23-15-17-4-2-1-3-5-17/h1-9,18H,10-15,22H2,(H,23,25). The molecule has 1 fully saturated rings. The van der Waals surface area contributed by atoms with Crippen molar-refractivity contribution in [3.05, 3.63) is 71.3 Å². The third kappa shape index (κ3) is 4.49. The molecule has 0 aliphatic carbocycles. The molecular weight excluding hydrogens is 326 g/mol. The van der Waals surface area contributed by atoms with Crippen LogP contribution < -0.4 is 11.1 Å². The van der Waals surface area contributed by atoms with Crippen LogP contribution in [0.1, 0.15) is 34.3 Å². The number of nitrogens with zero attached hydrogens (tertiary/aromatic N) is 1. The summed E-state index contributed by atoms with van der Waals surface area (Å²) in [4.78, 5) is 26.8. The van der Waals surface area contributed by atoms with E-state index in [0.717, 1.165) is 11.1 Å². The van der Waals surface area contributed by atoms with E-state index in [1.165, 1.54) is 0 Å². The molecule has 0 atom stereocenters. The highest BCUT2D eigenvalue weighted by Gasteiger charge is 2.27. The van der Waals surface area contributed by atoms with E-state index in [9.17, 15) is 9.59 Å². The van der Waals surface area contributed by atoms with Crippen molar-refractivity contribution in [3.8, 4) is 0 Å². The number of piperidine rings is 1. The zero-order valence-electron chi connectivity index (χ0n) is 14.9. The summed E-state index contributed by atoms with van der Waals surface area (Å²) in [6.45, 7) is 2.24. The predicted octanol–water partition coefficient (Wildman–Crippen LogP) is 2.31. The smallest absolute Gasteiger partial charge is 0.253 e. The Morgan fingerprint density at radius 2 is 1.62 bits per heavy atom. The maximum atomic E-state index is 12.6. The fraction of sp³-hybridized carbons (Fsp3) is 0.333. The second-order valence-electron chi connectivity index (χ2n) is 6.67. The maximum Gasteiger partial charge on any atom is 0.253 e. The van der Waals surface area contributed by atoms with Crippen LogP contribution in [0.5, 0.6) is 0 Å². The lowest BCUT2D eigenvalue weighted by atomic mass is 9.95. The van der Waals surface area contributed by atoms with Gasteiger partial charge in [0.2, 0.25) is 5.91 Å². The van der Waals surface area contributed by atoms with Gasteiger partial charge in [0.1, 0.15) is 0 Å². The molecule has 26 heavy (non-hydrogen) atoms. The molecule has 3 N–H and O–H groups in total. The van der Waals surface area contributed by atoms with Gasteiger partial charge in [-0.1, -0.05) is 42.5 Å². The number of hydrogen-bond donors (Lipinski definition) is 2. The molecule has 0 unspecified atom stereocenters. The molecule has 1 saturated heterocycles. The Morgan fingerprint density at radius 1 is 0.962 bits per heavy atom. The molecule has 0 bridgehead atoms. The van der Waals surface area contributed by atoms with Gasteiger partial charge in [0.25, 0.3) is 5.91 Å². The van der Waals surface area contributed by atoms with Crippen molar-refractivity contribution in [2.45, 2.75) is 25.9 Å². The summed E-state index contributed by atoms with van der Waals surface area (Å²) in [5.74, 6) is 0.0762. The number of nitrogens with two attached hydrogens (primary N) is 1. The highest BCUT2D eigenvalue weighted by atomic mass is 16.2. The number of rotatable bonds is 5. The molecule has 0 saturated carbocycles. The first-order chi connectivity index (χ1) is 12.7. The molecule has 3 rings (SSSR count). The molecular formula is C21H25N3O2. The van der Waals surface area contributed by atoms with E-state index in [1.807, 2.05) is 59.5 Å². The van der Waals surface area contributed by atoms with Gasteiger partial charge in [0.15, 0.2) is 0 Å². The van der Waals surface area contributed by atoms with Crippen molar-refractivity contribution >= 4 is 11.8 Å². The van der Waals surface area contributed by atoms with Gasteiger partial charge in [0.05, 0.1) is 0 Å². The van der Waals surface area contributed by atoms with E-state index >= 15 is 0 Å². The first-order valence-electron chi connectivity index (χ1n) is 9.07. The van der Waals surface area contributed by atoms with Crippen molar-refractivity contribution in [1.82, 2.24) is 10.2 Å². The van der Waals surface area contributed by atoms with Crippen LogP contribution in [0, 0.1) is 5.92 Å². The van der Waals surface area contributed by atoms with Gasteiger partial charge < -0.3 is 16.0 Å². The lowest BCUT2D eigenvalue weighted by Gasteiger charge is -2.31. The van der Waals surface area contributed by atoms with Crippen LogP contribution in [0.3, 0.4) is 0 Å². The van der Waals surface area contributed by atoms with Crippen molar-refractivity contribution in [3.63, 3.8) is 0 Å². The van der Waals surface area contributed by atoms with Gasteiger partial charge in [-0.2, -0.15) is 0 Å². The summed E-state index contributed by atoms with van der Waals surface area (Å²) < 4.78 is 0. The lowest BCUT2D eigenvalue weighted by Crippen LogP contribution is -2.42. The van der Waals surface area contributed by atoms with E-state index in [-0.39, 0.29) is 17.7 Å².